The van der Waals surface area contributed by atoms with Crippen molar-refractivity contribution in [3.63, 3.8) is 0 Å². The number of nitrogens with zero attached hydrogens (tertiary/aromatic N) is 1. The van der Waals surface area contributed by atoms with Crippen LogP contribution in [0.1, 0.15) is 33.6 Å². The molecular weight excluding hydrogens is 420 g/mol. The van der Waals surface area contributed by atoms with Crippen molar-refractivity contribution in [2.75, 3.05) is 26.2 Å². The molecule has 11 heteroatoms. The fourth-order valence-corrected chi connectivity index (χ4v) is 4.44. The SMILES string of the molecule is CC(C)(C)OC(=O)NCCNC(=O)C1CCN(S(=O)(=O)c2ccc(F)c(F)c2)CC1. The molecule has 0 atom stereocenters. The van der Waals surface area contributed by atoms with E-state index in [1.165, 1.54) is 0 Å². The highest BCUT2D eigenvalue weighted by atomic mass is 32.2. The number of sulfonamides is 1. The smallest absolute Gasteiger partial charge is 0.407 e. The third-order valence-electron chi connectivity index (χ3n) is 4.45. The fourth-order valence-electron chi connectivity index (χ4n) is 2.95. The quantitative estimate of drug-likeness (QED) is 0.649. The topological polar surface area (TPSA) is 105 Å². The Balaban J connectivity index is 1.78. The average Bonchev–Trinajstić information content (AvgIpc) is 2.66. The molecule has 0 saturated carbocycles. The van der Waals surface area contributed by atoms with Crippen LogP contribution in [0.2, 0.25) is 0 Å². The molecule has 1 aliphatic heterocycles. The van der Waals surface area contributed by atoms with Crippen molar-refractivity contribution in [3.8, 4) is 0 Å². The van der Waals surface area contributed by atoms with Gasteiger partial charge in [-0.15, -0.1) is 0 Å². The first-order valence-electron chi connectivity index (χ1n) is 9.60. The van der Waals surface area contributed by atoms with Crippen molar-refractivity contribution in [2.45, 2.75) is 44.1 Å². The van der Waals surface area contributed by atoms with Gasteiger partial charge in [0.25, 0.3) is 0 Å². The standard InChI is InChI=1S/C19H27F2N3O5S/c1-19(2,3)29-18(26)23-9-8-22-17(25)13-6-10-24(11-7-13)30(27,28)14-4-5-15(20)16(21)12-14/h4-5,12-13H,6-11H2,1-3H3,(H,22,25)(H,23,26). The number of rotatable bonds is 6. The van der Waals surface area contributed by atoms with E-state index in [0.717, 1.165) is 16.4 Å². The summed E-state index contributed by atoms with van der Waals surface area (Å²) in [4.78, 5) is 23.5. The molecule has 30 heavy (non-hydrogen) atoms. The molecule has 0 aromatic heterocycles. The summed E-state index contributed by atoms with van der Waals surface area (Å²) in [5, 5.41) is 5.23. The van der Waals surface area contributed by atoms with Crippen LogP contribution in [0.5, 0.6) is 0 Å². The van der Waals surface area contributed by atoms with Gasteiger partial charge >= 0.3 is 6.09 Å². The Morgan fingerprint density at radius 1 is 1.10 bits per heavy atom. The normalized spacial score (nSPS) is 16.2. The zero-order valence-electron chi connectivity index (χ0n) is 17.2. The summed E-state index contributed by atoms with van der Waals surface area (Å²) in [5.41, 5.74) is -0.610. The molecular formula is C19H27F2N3O5S. The summed E-state index contributed by atoms with van der Waals surface area (Å²) in [5.74, 6) is -2.95. The van der Waals surface area contributed by atoms with Crippen LogP contribution in [0.25, 0.3) is 0 Å². The lowest BCUT2D eigenvalue weighted by molar-refractivity contribution is -0.126. The highest BCUT2D eigenvalue weighted by Gasteiger charge is 2.32. The third kappa shape index (κ3) is 6.63. The van der Waals surface area contributed by atoms with Crippen LogP contribution in [0.15, 0.2) is 23.1 Å². The number of carbonyl (C=O) groups excluding carboxylic acids is 2. The molecule has 1 fully saturated rings. The van der Waals surface area contributed by atoms with Crippen LogP contribution < -0.4 is 10.6 Å². The number of nitrogens with one attached hydrogen (secondary N) is 2. The van der Waals surface area contributed by atoms with Crippen molar-refractivity contribution >= 4 is 22.0 Å². The van der Waals surface area contributed by atoms with Gasteiger partial charge in [0, 0.05) is 32.1 Å². The molecule has 0 aliphatic carbocycles. The van der Waals surface area contributed by atoms with Gasteiger partial charge in [0.2, 0.25) is 15.9 Å². The van der Waals surface area contributed by atoms with E-state index in [1.54, 1.807) is 20.8 Å². The maximum atomic E-state index is 13.4. The number of benzene rings is 1. The van der Waals surface area contributed by atoms with E-state index in [1.807, 2.05) is 0 Å². The minimum atomic E-state index is -3.96. The Kier molecular flexibility index (Phi) is 7.75. The number of hydrogen-bond acceptors (Lipinski definition) is 5. The number of amides is 2. The number of ether oxygens (including phenoxy) is 1. The van der Waals surface area contributed by atoms with E-state index in [2.05, 4.69) is 10.6 Å². The van der Waals surface area contributed by atoms with Crippen molar-refractivity contribution in [2.24, 2.45) is 5.92 Å². The van der Waals surface area contributed by atoms with Gasteiger partial charge in [-0.05, 0) is 51.8 Å². The second kappa shape index (κ2) is 9.69. The predicted molar refractivity (Wildman–Crippen MR) is 105 cm³/mol. The molecule has 8 nitrogen and oxygen atoms in total. The highest BCUT2D eigenvalue weighted by molar-refractivity contribution is 7.89. The van der Waals surface area contributed by atoms with Crippen LogP contribution in [-0.2, 0) is 19.6 Å². The Bertz CT molecular complexity index is 879. The fraction of sp³-hybridized carbons (Fsp3) is 0.579. The predicted octanol–water partition coefficient (Wildman–Crippen LogP) is 2.01. The maximum Gasteiger partial charge on any atom is 0.407 e. The third-order valence-corrected chi connectivity index (χ3v) is 6.34. The van der Waals surface area contributed by atoms with Gasteiger partial charge in [0.05, 0.1) is 4.90 Å². The van der Waals surface area contributed by atoms with Crippen molar-refractivity contribution in [1.29, 1.82) is 0 Å². The largest absolute Gasteiger partial charge is 0.444 e. The van der Waals surface area contributed by atoms with Crippen LogP contribution in [0.3, 0.4) is 0 Å². The second-order valence-electron chi connectivity index (χ2n) is 7.97. The van der Waals surface area contributed by atoms with Gasteiger partial charge in [0.15, 0.2) is 11.6 Å². The monoisotopic (exact) mass is 447 g/mol. The second-order valence-corrected chi connectivity index (χ2v) is 9.91. The lowest BCUT2D eigenvalue weighted by Crippen LogP contribution is -2.44. The van der Waals surface area contributed by atoms with Gasteiger partial charge in [-0.25, -0.2) is 22.0 Å². The molecule has 1 aromatic rings. The van der Waals surface area contributed by atoms with Gasteiger partial charge in [-0.3, -0.25) is 4.79 Å². The molecule has 2 N–H and O–H groups in total. The van der Waals surface area contributed by atoms with Crippen molar-refractivity contribution in [3.05, 3.63) is 29.8 Å². The van der Waals surface area contributed by atoms with E-state index in [4.69, 9.17) is 4.74 Å². The molecule has 1 saturated heterocycles. The van der Waals surface area contributed by atoms with E-state index < -0.39 is 33.4 Å². The Hall–Kier alpha value is -2.27. The zero-order valence-corrected chi connectivity index (χ0v) is 18.0. The van der Waals surface area contributed by atoms with Gasteiger partial charge in [-0.1, -0.05) is 0 Å². The highest BCUT2D eigenvalue weighted by Crippen LogP contribution is 2.25. The first-order valence-corrected chi connectivity index (χ1v) is 11.0. The van der Waals surface area contributed by atoms with Gasteiger partial charge < -0.3 is 15.4 Å². The first kappa shape index (κ1) is 24.0. The number of alkyl carbamates (subject to hydrolysis) is 1. The Morgan fingerprint density at radius 2 is 1.70 bits per heavy atom. The summed E-state index contributed by atoms with van der Waals surface area (Å²) < 4.78 is 57.8. The molecule has 2 rings (SSSR count). The molecule has 0 bridgehead atoms. The Morgan fingerprint density at radius 3 is 2.27 bits per heavy atom. The van der Waals surface area contributed by atoms with Crippen LogP contribution >= 0.6 is 0 Å². The summed E-state index contributed by atoms with van der Waals surface area (Å²) in [6, 6.07) is 2.44. The molecule has 168 valence electrons. The Labute approximate surface area is 175 Å². The van der Waals surface area contributed by atoms with Crippen LogP contribution in [-0.4, -0.2) is 56.5 Å². The van der Waals surface area contributed by atoms with Crippen LogP contribution in [0, 0.1) is 17.6 Å². The number of halogens is 2. The van der Waals surface area contributed by atoms with E-state index in [-0.39, 0.29) is 42.9 Å². The van der Waals surface area contributed by atoms with Gasteiger partial charge in [-0.2, -0.15) is 4.31 Å². The summed E-state index contributed by atoms with van der Waals surface area (Å²) in [6.07, 6.45) is 0.0233. The molecule has 1 aromatic carbocycles. The molecule has 0 unspecified atom stereocenters. The lowest BCUT2D eigenvalue weighted by Gasteiger charge is -2.30. The average molecular weight is 448 g/mol. The van der Waals surface area contributed by atoms with E-state index in [0.29, 0.717) is 18.9 Å². The number of hydrogen-bond donors (Lipinski definition) is 2. The summed E-state index contributed by atoms with van der Waals surface area (Å²) >= 11 is 0. The van der Waals surface area contributed by atoms with Crippen molar-refractivity contribution in [1.82, 2.24) is 14.9 Å². The number of piperidine rings is 1. The van der Waals surface area contributed by atoms with E-state index >= 15 is 0 Å². The molecule has 0 spiro atoms. The zero-order chi connectivity index (χ0) is 22.5. The molecule has 1 heterocycles. The molecule has 1 aliphatic rings. The minimum absolute atomic E-state index is 0.0928. The number of carbonyl (C=O) groups is 2. The summed E-state index contributed by atoms with van der Waals surface area (Å²) in [7, 11) is -3.96. The first-order chi connectivity index (χ1) is 13.9. The van der Waals surface area contributed by atoms with Crippen molar-refractivity contribution < 1.29 is 31.5 Å². The lowest BCUT2D eigenvalue weighted by atomic mass is 9.97. The summed E-state index contributed by atoms with van der Waals surface area (Å²) in [6.45, 7) is 5.83. The van der Waals surface area contributed by atoms with Gasteiger partial charge in [0.1, 0.15) is 5.60 Å². The molecule has 2 amide bonds. The maximum absolute atomic E-state index is 13.4. The minimum Gasteiger partial charge on any atom is -0.444 e. The van der Waals surface area contributed by atoms with E-state index in [9.17, 15) is 26.8 Å². The van der Waals surface area contributed by atoms with Crippen LogP contribution in [0.4, 0.5) is 13.6 Å². The molecule has 0 radical (unpaired) electrons.